The van der Waals surface area contributed by atoms with E-state index in [4.69, 9.17) is 0 Å². The van der Waals surface area contributed by atoms with Crippen molar-refractivity contribution in [2.75, 3.05) is 4.90 Å². The molecule has 0 saturated carbocycles. The molecule has 3 heterocycles. The quantitative estimate of drug-likeness (QED) is 0.199. The van der Waals surface area contributed by atoms with Crippen molar-refractivity contribution in [3.8, 4) is 22.3 Å². The van der Waals surface area contributed by atoms with E-state index in [1.165, 1.54) is 87.0 Å². The molecule has 0 spiro atoms. The third-order valence-electron chi connectivity index (χ3n) is 8.96. The van der Waals surface area contributed by atoms with Gasteiger partial charge in [-0.3, -0.25) is 0 Å². The van der Waals surface area contributed by atoms with Gasteiger partial charge in [0.15, 0.2) is 0 Å². The van der Waals surface area contributed by atoms with Crippen LogP contribution in [0.5, 0.6) is 0 Å². The second-order valence-corrected chi connectivity index (χ2v) is 12.6. The fourth-order valence-corrected chi connectivity index (χ4v) is 8.31. The maximum atomic E-state index is 2.51. The van der Waals surface area contributed by atoms with Crippen LogP contribution in [-0.2, 0) is 0 Å². The fraction of sp³-hybridized carbons (Fsp3) is 0.0526. The zero-order valence-corrected chi connectivity index (χ0v) is 23.8. The summed E-state index contributed by atoms with van der Waals surface area (Å²) in [7, 11) is 0. The number of rotatable bonds is 2. The van der Waals surface area contributed by atoms with Crippen LogP contribution in [0.3, 0.4) is 0 Å². The van der Waals surface area contributed by atoms with Crippen LogP contribution < -0.4 is 21.3 Å². The van der Waals surface area contributed by atoms with E-state index < -0.39 is 0 Å². The lowest BCUT2D eigenvalue weighted by atomic mass is 9.37. The molecule has 7 aromatic rings. The largest absolute Gasteiger partial charge is 0.311 e. The number of aryl methyl sites for hydroxylation is 2. The number of fused-ring (bicyclic) bond motifs is 8. The average molecular weight is 540 g/mol. The molecule has 1 aromatic heterocycles. The van der Waals surface area contributed by atoms with E-state index in [1.54, 1.807) is 0 Å². The Morgan fingerprint density at radius 1 is 0.537 bits per heavy atom. The molecule has 9 rings (SSSR count). The zero-order valence-electron chi connectivity index (χ0n) is 23.0. The van der Waals surface area contributed by atoms with Gasteiger partial charge in [-0.1, -0.05) is 84.3 Å². The molecule has 0 unspecified atom stereocenters. The molecule has 0 fully saturated rings. The van der Waals surface area contributed by atoms with Crippen molar-refractivity contribution >= 4 is 71.7 Å². The molecular weight excluding hydrogens is 513 g/mol. The first kappa shape index (κ1) is 23.1. The molecule has 192 valence electrons. The molecule has 2 aliphatic rings. The summed E-state index contributed by atoms with van der Waals surface area (Å²) < 4.78 is 2.69. The topological polar surface area (TPSA) is 3.24 Å². The van der Waals surface area contributed by atoms with Crippen LogP contribution in [0.1, 0.15) is 11.1 Å². The minimum absolute atomic E-state index is 0.243. The molecule has 0 N–H and O–H groups in total. The molecule has 1 nitrogen and oxygen atoms in total. The number of benzene rings is 6. The number of nitrogens with zero attached hydrogens (tertiary/aromatic N) is 1. The second-order valence-electron chi connectivity index (χ2n) is 11.5. The van der Waals surface area contributed by atoms with Gasteiger partial charge < -0.3 is 4.90 Å². The summed E-state index contributed by atoms with van der Waals surface area (Å²) in [6, 6.07) is 45.6. The molecule has 0 bridgehead atoms. The Hall–Kier alpha value is -4.60. The first-order chi connectivity index (χ1) is 20.1. The Balaban J connectivity index is 1.35. The molecule has 0 atom stereocenters. The van der Waals surface area contributed by atoms with Crippen LogP contribution in [-0.4, -0.2) is 6.71 Å². The van der Waals surface area contributed by atoms with Crippen LogP contribution in [0.2, 0.25) is 0 Å². The van der Waals surface area contributed by atoms with Gasteiger partial charge in [-0.15, -0.1) is 11.3 Å². The Morgan fingerprint density at radius 3 is 2.29 bits per heavy atom. The molecule has 0 radical (unpaired) electrons. The van der Waals surface area contributed by atoms with Gasteiger partial charge in [-0.25, -0.2) is 0 Å². The summed E-state index contributed by atoms with van der Waals surface area (Å²) in [6.07, 6.45) is 0. The SMILES string of the molecule is Cc1cccc(N2c3cc(C)ccc3B3c4ccccc4-c4cc(-c5ccc6c(c5)sc5ccccc56)cc2c43)c1. The monoisotopic (exact) mass is 539 g/mol. The van der Waals surface area contributed by atoms with Crippen molar-refractivity contribution in [2.45, 2.75) is 13.8 Å². The summed E-state index contributed by atoms with van der Waals surface area (Å²) in [4.78, 5) is 2.51. The fourth-order valence-electron chi connectivity index (χ4n) is 7.16. The van der Waals surface area contributed by atoms with Crippen molar-refractivity contribution in [3.05, 3.63) is 132 Å². The van der Waals surface area contributed by atoms with Gasteiger partial charge in [0.25, 0.3) is 0 Å². The van der Waals surface area contributed by atoms with Gasteiger partial charge in [0.2, 0.25) is 6.71 Å². The number of hydrogen-bond acceptors (Lipinski definition) is 2. The highest BCUT2D eigenvalue weighted by Gasteiger charge is 2.42. The van der Waals surface area contributed by atoms with Crippen LogP contribution in [0.15, 0.2) is 121 Å². The Morgan fingerprint density at radius 2 is 1.37 bits per heavy atom. The van der Waals surface area contributed by atoms with Crippen molar-refractivity contribution in [3.63, 3.8) is 0 Å². The van der Waals surface area contributed by atoms with E-state index in [0.717, 1.165) is 0 Å². The van der Waals surface area contributed by atoms with E-state index in [1.807, 2.05) is 11.3 Å². The summed E-state index contributed by atoms with van der Waals surface area (Å²) >= 11 is 1.89. The molecule has 0 aliphatic carbocycles. The summed E-state index contributed by atoms with van der Waals surface area (Å²) in [5.74, 6) is 0. The molecule has 2 aliphatic heterocycles. The molecule has 0 amide bonds. The smallest absolute Gasteiger partial charge is 0.248 e. The number of anilines is 3. The minimum Gasteiger partial charge on any atom is -0.311 e. The Bertz CT molecular complexity index is 2210. The van der Waals surface area contributed by atoms with E-state index >= 15 is 0 Å². The van der Waals surface area contributed by atoms with Crippen molar-refractivity contribution in [1.29, 1.82) is 0 Å². The summed E-state index contributed by atoms with van der Waals surface area (Å²) in [5, 5.41) is 2.69. The lowest BCUT2D eigenvalue weighted by Crippen LogP contribution is -2.54. The van der Waals surface area contributed by atoms with E-state index in [9.17, 15) is 0 Å². The molecule has 3 heteroatoms. The maximum Gasteiger partial charge on any atom is 0.248 e. The maximum absolute atomic E-state index is 2.51. The van der Waals surface area contributed by atoms with Gasteiger partial charge in [-0.2, -0.15) is 0 Å². The predicted molar refractivity (Wildman–Crippen MR) is 179 cm³/mol. The molecular formula is C38H26BNS. The van der Waals surface area contributed by atoms with E-state index in [0.29, 0.717) is 0 Å². The van der Waals surface area contributed by atoms with Crippen molar-refractivity contribution < 1.29 is 0 Å². The van der Waals surface area contributed by atoms with Gasteiger partial charge >= 0.3 is 0 Å². The van der Waals surface area contributed by atoms with Crippen LogP contribution in [0.25, 0.3) is 42.4 Å². The van der Waals surface area contributed by atoms with E-state index in [2.05, 4.69) is 140 Å². The number of thiophene rings is 1. The average Bonchev–Trinajstić information content (AvgIpc) is 3.53. The molecule has 0 saturated heterocycles. The van der Waals surface area contributed by atoms with Crippen molar-refractivity contribution in [1.82, 2.24) is 0 Å². The van der Waals surface area contributed by atoms with Crippen molar-refractivity contribution in [2.24, 2.45) is 0 Å². The lowest BCUT2D eigenvalue weighted by Gasteiger charge is -2.36. The third-order valence-corrected chi connectivity index (χ3v) is 10.1. The standard InChI is InChI=1S/C38H26BNS/c1-23-8-7-9-27(18-23)40-34-19-24(2)14-17-33(34)39-32-12-5-3-10-28(32)31-20-26(21-35(40)38(31)39)25-15-16-30-29-11-4-6-13-36(29)41-37(30)22-25/h3-22H,1-2H3. The van der Waals surface area contributed by atoms with Gasteiger partial charge in [0.05, 0.1) is 0 Å². The first-order valence-corrected chi connectivity index (χ1v) is 15.1. The van der Waals surface area contributed by atoms with Crippen LogP contribution in [0, 0.1) is 13.8 Å². The van der Waals surface area contributed by atoms with Crippen LogP contribution >= 0.6 is 11.3 Å². The minimum atomic E-state index is 0.243. The van der Waals surface area contributed by atoms with Gasteiger partial charge in [-0.05, 0) is 101 Å². The van der Waals surface area contributed by atoms with Gasteiger partial charge in [0, 0.05) is 37.2 Å². The Kier molecular flexibility index (Phi) is 4.77. The highest BCUT2D eigenvalue weighted by atomic mass is 32.1. The summed E-state index contributed by atoms with van der Waals surface area (Å²) in [6.45, 7) is 4.63. The molecule has 6 aromatic carbocycles. The predicted octanol–water partition coefficient (Wildman–Crippen LogP) is 8.62. The van der Waals surface area contributed by atoms with Crippen LogP contribution in [0.4, 0.5) is 17.1 Å². The highest BCUT2D eigenvalue weighted by molar-refractivity contribution is 7.25. The second kappa shape index (κ2) is 8.45. The normalized spacial score (nSPS) is 13.0. The zero-order chi connectivity index (χ0) is 27.2. The number of hydrogen-bond donors (Lipinski definition) is 0. The van der Waals surface area contributed by atoms with Gasteiger partial charge in [0.1, 0.15) is 0 Å². The third kappa shape index (κ3) is 3.30. The highest BCUT2D eigenvalue weighted by Crippen LogP contribution is 2.44. The van der Waals surface area contributed by atoms with E-state index in [-0.39, 0.29) is 6.71 Å². The lowest BCUT2D eigenvalue weighted by molar-refractivity contribution is 1.27. The molecule has 41 heavy (non-hydrogen) atoms. The summed E-state index contributed by atoms with van der Waals surface area (Å²) in [5.41, 5.74) is 15.8. The first-order valence-electron chi connectivity index (χ1n) is 14.3. The Labute approximate surface area is 244 Å².